The Morgan fingerprint density at radius 2 is 1.12 bits per heavy atom. The van der Waals surface area contributed by atoms with Crippen LogP contribution in [0.5, 0.6) is 0 Å². The molecule has 0 saturated carbocycles. The molecule has 0 heterocycles. The second kappa shape index (κ2) is 8.94. The average Bonchev–Trinajstić information content (AvgIpc) is 0.722. The van der Waals surface area contributed by atoms with E-state index in [9.17, 15) is 0 Å². The molecule has 0 bridgehead atoms. The van der Waals surface area contributed by atoms with E-state index in [0.29, 0.717) is 0 Å². The molecule has 0 saturated heterocycles. The van der Waals surface area contributed by atoms with Crippen LogP contribution < -0.4 is 0 Å². The normalized spacial score (nSPS) is 7.38. The van der Waals surface area contributed by atoms with Gasteiger partial charge in [-0.3, -0.25) is 0 Å². The quantitative estimate of drug-likeness (QED) is 0.332. The molecule has 0 atom stereocenters. The summed E-state index contributed by atoms with van der Waals surface area (Å²) in [4.78, 5) is 21.6. The van der Waals surface area contributed by atoms with Crippen molar-refractivity contribution in [3.05, 3.63) is 0 Å². The van der Waals surface area contributed by atoms with Crippen molar-refractivity contribution in [1.82, 2.24) is 0 Å². The monoisotopic (exact) mass is 209 g/mol. The predicted molar refractivity (Wildman–Crippen MR) is 21.4 cm³/mol. The Morgan fingerprint density at radius 3 is 1.12 bits per heavy atom. The van der Waals surface area contributed by atoms with Gasteiger partial charge in [-0.25, -0.2) is 4.57 Å². The summed E-state index contributed by atoms with van der Waals surface area (Å²) in [6.45, 7) is 0. The molecule has 1 radical (unpaired) electrons. The Labute approximate surface area is 84.2 Å². The maximum absolute atomic E-state index is 8.88. The molecular formula is H4LiMnO4PTi. The maximum Gasteiger partial charge on any atom is 0 e. The topological polar surface area (TPSA) is 77.8 Å². The van der Waals surface area contributed by atoms with Gasteiger partial charge < -0.3 is 14.7 Å². The zero-order valence-electron chi connectivity index (χ0n) is 3.08. The van der Waals surface area contributed by atoms with E-state index in [4.69, 9.17) is 19.2 Å². The Morgan fingerprint density at radius 1 is 1.12 bits per heavy atom. The van der Waals surface area contributed by atoms with E-state index in [1.807, 2.05) is 0 Å². The molecule has 0 rings (SSSR count). The van der Waals surface area contributed by atoms with Crippen LogP contribution in [-0.2, 0) is 43.4 Å². The van der Waals surface area contributed by atoms with E-state index in [-0.39, 0.29) is 57.6 Å². The first-order valence-corrected chi connectivity index (χ1v) is 2.35. The largest absolute Gasteiger partial charge is 0 e. The molecule has 45 valence electrons. The summed E-state index contributed by atoms with van der Waals surface area (Å²) < 4.78 is 8.88. The number of rotatable bonds is 0. The van der Waals surface area contributed by atoms with Crippen LogP contribution in [0.15, 0.2) is 0 Å². The smallest absolute Gasteiger partial charge is 0 e. The third-order valence-electron chi connectivity index (χ3n) is 0. The summed E-state index contributed by atoms with van der Waals surface area (Å²) in [6.07, 6.45) is 0. The Hall–Kier alpha value is 1.94. The van der Waals surface area contributed by atoms with Gasteiger partial charge in [0, 0.05) is 38.8 Å². The SMILES string of the molecule is O=P(O)(O)O.[LiH].[Mn].[Ti]. The van der Waals surface area contributed by atoms with Crippen LogP contribution in [0.25, 0.3) is 0 Å². The van der Waals surface area contributed by atoms with Crippen LogP contribution in [0.2, 0.25) is 0 Å². The predicted octanol–water partition coefficient (Wildman–Crippen LogP) is -1.58. The van der Waals surface area contributed by atoms with Gasteiger partial charge in [0.25, 0.3) is 0 Å². The molecule has 0 aromatic carbocycles. The fourth-order valence-corrected chi connectivity index (χ4v) is 0. The molecule has 0 aliphatic rings. The fourth-order valence-electron chi connectivity index (χ4n) is 0. The van der Waals surface area contributed by atoms with Gasteiger partial charge in [-0.15, -0.1) is 0 Å². The Kier molecular flexibility index (Phi) is 25.2. The van der Waals surface area contributed by atoms with Crippen molar-refractivity contribution in [2.24, 2.45) is 0 Å². The first-order chi connectivity index (χ1) is 2.00. The van der Waals surface area contributed by atoms with Gasteiger partial charge in [0.2, 0.25) is 0 Å². The van der Waals surface area contributed by atoms with Crippen LogP contribution in [0, 0.1) is 0 Å². The van der Waals surface area contributed by atoms with E-state index >= 15 is 0 Å². The van der Waals surface area contributed by atoms with Crippen molar-refractivity contribution in [3.63, 3.8) is 0 Å². The zero-order valence-corrected chi connectivity index (χ0v) is 6.71. The van der Waals surface area contributed by atoms with Gasteiger partial charge in [0.15, 0.2) is 0 Å². The number of hydrogen-bond donors (Lipinski definition) is 3. The van der Waals surface area contributed by atoms with Gasteiger partial charge in [-0.1, -0.05) is 0 Å². The summed E-state index contributed by atoms with van der Waals surface area (Å²) in [5, 5.41) is 0. The minimum atomic E-state index is -4.64. The summed E-state index contributed by atoms with van der Waals surface area (Å²) >= 11 is 0. The molecule has 0 aromatic heterocycles. The second-order valence-electron chi connectivity index (χ2n) is 0.513. The zero-order chi connectivity index (χ0) is 4.50. The molecule has 3 N–H and O–H groups in total. The first-order valence-electron chi connectivity index (χ1n) is 0.783. The summed E-state index contributed by atoms with van der Waals surface area (Å²) in [7, 11) is -4.64. The van der Waals surface area contributed by atoms with Crippen molar-refractivity contribution in [2.45, 2.75) is 0 Å². The molecule has 0 aromatic rings. The van der Waals surface area contributed by atoms with Crippen molar-refractivity contribution >= 4 is 26.7 Å². The molecule has 0 aliphatic heterocycles. The fraction of sp³-hybridized carbons (Fsp3) is 0. The van der Waals surface area contributed by atoms with E-state index in [2.05, 4.69) is 0 Å². The van der Waals surface area contributed by atoms with Gasteiger partial charge in [-0.2, -0.15) is 0 Å². The van der Waals surface area contributed by atoms with Gasteiger partial charge in [0.1, 0.15) is 0 Å². The summed E-state index contributed by atoms with van der Waals surface area (Å²) in [5.41, 5.74) is 0. The number of phosphoric acid groups is 1. The first kappa shape index (κ1) is 22.5. The van der Waals surface area contributed by atoms with E-state index in [1.165, 1.54) is 0 Å². The van der Waals surface area contributed by atoms with Crippen molar-refractivity contribution in [3.8, 4) is 0 Å². The van der Waals surface area contributed by atoms with Crippen molar-refractivity contribution < 1.29 is 58.0 Å². The average molecular weight is 209 g/mol. The van der Waals surface area contributed by atoms with Gasteiger partial charge in [0.05, 0.1) is 0 Å². The van der Waals surface area contributed by atoms with Crippen LogP contribution in [-0.4, -0.2) is 33.5 Å². The molecule has 8 heavy (non-hydrogen) atoms. The third kappa shape index (κ3) is 102. The minimum Gasteiger partial charge on any atom is 0 e. The minimum absolute atomic E-state index is 0. The van der Waals surface area contributed by atoms with Crippen LogP contribution in [0.1, 0.15) is 0 Å². The molecule has 0 spiro atoms. The molecule has 0 unspecified atom stereocenters. The van der Waals surface area contributed by atoms with E-state index < -0.39 is 7.82 Å². The van der Waals surface area contributed by atoms with E-state index in [1.54, 1.807) is 0 Å². The molecule has 8 heteroatoms. The standard InChI is InChI=1S/Li.Mn.H3O4P.Ti.H/c;;1-5(2,3)4;;/h;;(H3,1,2,3,4);;. The molecular weight excluding hydrogens is 205 g/mol. The third-order valence-corrected chi connectivity index (χ3v) is 0. The van der Waals surface area contributed by atoms with Gasteiger partial charge in [-0.05, 0) is 0 Å². The Balaban J connectivity index is -0.0000000267. The van der Waals surface area contributed by atoms with Gasteiger partial charge >= 0.3 is 26.7 Å². The van der Waals surface area contributed by atoms with Crippen LogP contribution >= 0.6 is 7.82 Å². The van der Waals surface area contributed by atoms with E-state index in [0.717, 1.165) is 0 Å². The summed E-state index contributed by atoms with van der Waals surface area (Å²) in [6, 6.07) is 0. The summed E-state index contributed by atoms with van der Waals surface area (Å²) in [5.74, 6) is 0. The van der Waals surface area contributed by atoms with Crippen LogP contribution in [0.3, 0.4) is 0 Å². The molecule has 0 amide bonds. The van der Waals surface area contributed by atoms with Crippen LogP contribution in [0.4, 0.5) is 0 Å². The molecule has 0 aliphatic carbocycles. The van der Waals surface area contributed by atoms with Crippen molar-refractivity contribution in [1.29, 1.82) is 0 Å². The number of hydrogen-bond acceptors (Lipinski definition) is 1. The Bertz CT molecular complexity index is 62.2. The molecule has 0 fully saturated rings. The van der Waals surface area contributed by atoms with Crippen molar-refractivity contribution in [2.75, 3.05) is 0 Å². The molecule has 4 nitrogen and oxygen atoms in total. The maximum atomic E-state index is 8.88. The second-order valence-corrected chi connectivity index (χ2v) is 1.54.